The summed E-state index contributed by atoms with van der Waals surface area (Å²) in [7, 11) is 1.51. The quantitative estimate of drug-likeness (QED) is 0.540. The van der Waals surface area contributed by atoms with E-state index in [2.05, 4.69) is 34.7 Å². The number of carboxylic acids is 1. The zero-order chi connectivity index (χ0) is 24.6. The van der Waals surface area contributed by atoms with Crippen LogP contribution in [0.25, 0.3) is 11.1 Å². The summed E-state index contributed by atoms with van der Waals surface area (Å²) >= 11 is 0. The molecule has 2 aromatic carbocycles. The molecule has 2 aliphatic carbocycles. The van der Waals surface area contributed by atoms with E-state index >= 15 is 0 Å². The number of carbonyl (C=O) groups is 3. The van der Waals surface area contributed by atoms with Gasteiger partial charge >= 0.3 is 12.1 Å². The molecule has 2 N–H and O–H groups in total. The fourth-order valence-electron chi connectivity index (χ4n) is 4.95. The zero-order valence-corrected chi connectivity index (χ0v) is 19.3. The van der Waals surface area contributed by atoms with E-state index in [1.54, 1.807) is 0 Å². The Labute approximate surface area is 202 Å². The van der Waals surface area contributed by atoms with Crippen molar-refractivity contribution in [2.75, 3.05) is 19.0 Å². The fourth-order valence-corrected chi connectivity index (χ4v) is 4.95. The Balaban J connectivity index is 1.18. The third-order valence-corrected chi connectivity index (χ3v) is 7.12. The van der Waals surface area contributed by atoms with Crippen LogP contribution in [0.15, 0.2) is 60.9 Å². The molecule has 0 unspecified atom stereocenters. The van der Waals surface area contributed by atoms with Crippen molar-refractivity contribution in [2.45, 2.75) is 37.3 Å². The van der Waals surface area contributed by atoms with Gasteiger partial charge in [0.15, 0.2) is 0 Å². The van der Waals surface area contributed by atoms with Crippen molar-refractivity contribution >= 4 is 23.7 Å². The lowest BCUT2D eigenvalue weighted by molar-refractivity contribution is -0.164. The molecule has 0 spiro atoms. The van der Waals surface area contributed by atoms with Crippen LogP contribution in [0, 0.1) is 0 Å². The molecular formula is C26H26N4O5. The molecule has 1 fully saturated rings. The van der Waals surface area contributed by atoms with Crippen LogP contribution in [0.5, 0.6) is 0 Å². The van der Waals surface area contributed by atoms with E-state index in [1.807, 2.05) is 24.3 Å². The number of ether oxygens (including phenoxy) is 1. The van der Waals surface area contributed by atoms with Crippen molar-refractivity contribution in [3.63, 3.8) is 0 Å². The Morgan fingerprint density at radius 2 is 1.74 bits per heavy atom. The first-order valence-electron chi connectivity index (χ1n) is 11.5. The molecule has 0 radical (unpaired) electrons. The van der Waals surface area contributed by atoms with Crippen LogP contribution in [0.2, 0.25) is 0 Å². The van der Waals surface area contributed by atoms with E-state index in [1.165, 1.54) is 29.0 Å². The van der Waals surface area contributed by atoms with Crippen LogP contribution >= 0.6 is 0 Å². The smallest absolute Gasteiger partial charge is 0.411 e. The number of carboxylic acid groups (broad SMARTS) is 1. The number of fused-ring (bicyclic) bond motifs is 3. The average Bonchev–Trinajstić information content (AvgIpc) is 3.38. The Bertz CT molecular complexity index is 1250. The number of amides is 2. The van der Waals surface area contributed by atoms with Gasteiger partial charge in [0.2, 0.25) is 5.91 Å². The minimum absolute atomic E-state index is 0.0444. The van der Waals surface area contributed by atoms with E-state index in [9.17, 15) is 19.5 Å². The van der Waals surface area contributed by atoms with Gasteiger partial charge in [-0.05, 0) is 41.5 Å². The highest BCUT2D eigenvalue weighted by molar-refractivity contribution is 5.88. The Morgan fingerprint density at radius 3 is 2.31 bits per heavy atom. The van der Waals surface area contributed by atoms with Crippen molar-refractivity contribution in [1.29, 1.82) is 0 Å². The molecule has 2 aliphatic rings. The highest BCUT2D eigenvalue weighted by atomic mass is 16.5. The predicted molar refractivity (Wildman–Crippen MR) is 128 cm³/mol. The second kappa shape index (κ2) is 8.90. The predicted octanol–water partition coefficient (Wildman–Crippen LogP) is 3.71. The van der Waals surface area contributed by atoms with Gasteiger partial charge in [0.25, 0.3) is 0 Å². The molecule has 3 aromatic rings. The first-order valence-corrected chi connectivity index (χ1v) is 11.5. The molecule has 0 saturated heterocycles. The second-order valence-electron chi connectivity index (χ2n) is 9.02. The van der Waals surface area contributed by atoms with Gasteiger partial charge in [-0.1, -0.05) is 48.5 Å². The number of hydrogen-bond donors (Lipinski definition) is 2. The van der Waals surface area contributed by atoms with Gasteiger partial charge in [-0.2, -0.15) is 5.10 Å². The summed E-state index contributed by atoms with van der Waals surface area (Å²) in [5.41, 5.74) is 3.81. The topological polar surface area (TPSA) is 114 Å². The maximum atomic E-state index is 12.6. The van der Waals surface area contributed by atoms with Crippen molar-refractivity contribution in [2.24, 2.45) is 0 Å². The molecule has 0 aliphatic heterocycles. The number of carbonyl (C=O) groups excluding carboxylic acids is 2. The van der Waals surface area contributed by atoms with Gasteiger partial charge in [0, 0.05) is 19.2 Å². The molecule has 2 amide bonds. The molecule has 35 heavy (non-hydrogen) atoms. The van der Waals surface area contributed by atoms with Crippen LogP contribution in [-0.2, 0) is 20.9 Å². The standard InChI is InChI=1S/C26H26N4O5/c1-29(26(24(32)33)11-6-12-26)23(31)15-30-14-17(13-27-30)28-25(34)35-16-22-20-9-4-2-7-18(20)19-8-3-5-10-21(19)22/h2-5,7-10,13-14,22H,6,11-12,15-16H2,1H3,(H,28,34)(H,32,33). The molecular weight excluding hydrogens is 448 g/mol. The fraction of sp³-hybridized carbons (Fsp3) is 0.308. The van der Waals surface area contributed by atoms with Gasteiger partial charge in [-0.25, -0.2) is 9.59 Å². The number of nitrogens with zero attached hydrogens (tertiary/aromatic N) is 3. The van der Waals surface area contributed by atoms with Crippen molar-refractivity contribution in [1.82, 2.24) is 14.7 Å². The number of nitrogens with one attached hydrogen (secondary N) is 1. The molecule has 1 heterocycles. The summed E-state index contributed by atoms with van der Waals surface area (Å²) in [6.07, 6.45) is 3.98. The summed E-state index contributed by atoms with van der Waals surface area (Å²) in [6.45, 7) is 0.0620. The SMILES string of the molecule is CN(C(=O)Cn1cc(NC(=O)OCC2c3ccccc3-c3ccccc32)cn1)C1(C(=O)O)CCC1. The van der Waals surface area contributed by atoms with Crippen molar-refractivity contribution in [3.8, 4) is 11.1 Å². The summed E-state index contributed by atoms with van der Waals surface area (Å²) < 4.78 is 6.91. The van der Waals surface area contributed by atoms with E-state index in [0.717, 1.165) is 28.7 Å². The highest BCUT2D eigenvalue weighted by Gasteiger charge is 2.49. The number of anilines is 1. The number of aromatic nitrogens is 2. The lowest BCUT2D eigenvalue weighted by Gasteiger charge is -2.44. The maximum absolute atomic E-state index is 12.6. The summed E-state index contributed by atoms with van der Waals surface area (Å²) in [6, 6.07) is 16.2. The molecule has 0 bridgehead atoms. The van der Waals surface area contributed by atoms with Crippen LogP contribution in [0.1, 0.15) is 36.3 Å². The van der Waals surface area contributed by atoms with Crippen molar-refractivity contribution in [3.05, 3.63) is 72.1 Å². The third kappa shape index (κ3) is 4.03. The largest absolute Gasteiger partial charge is 0.479 e. The number of rotatable bonds is 7. The second-order valence-corrected chi connectivity index (χ2v) is 9.02. The van der Waals surface area contributed by atoms with Gasteiger partial charge in [0.05, 0.1) is 11.9 Å². The van der Waals surface area contributed by atoms with E-state index in [-0.39, 0.29) is 25.0 Å². The molecule has 1 aromatic heterocycles. The molecule has 1 saturated carbocycles. The number of aliphatic carboxylic acids is 1. The minimum Gasteiger partial charge on any atom is -0.479 e. The zero-order valence-electron chi connectivity index (χ0n) is 19.3. The van der Waals surface area contributed by atoms with Gasteiger partial charge in [0.1, 0.15) is 18.7 Å². The Morgan fingerprint density at radius 1 is 1.11 bits per heavy atom. The molecule has 0 atom stereocenters. The van der Waals surface area contributed by atoms with Crippen LogP contribution in [0.3, 0.4) is 0 Å². The van der Waals surface area contributed by atoms with Crippen LogP contribution < -0.4 is 5.32 Å². The normalized spacial score (nSPS) is 15.5. The minimum atomic E-state index is -1.13. The van der Waals surface area contributed by atoms with Crippen LogP contribution in [0.4, 0.5) is 10.5 Å². The van der Waals surface area contributed by atoms with Crippen molar-refractivity contribution < 1.29 is 24.2 Å². The maximum Gasteiger partial charge on any atom is 0.411 e. The lowest BCUT2D eigenvalue weighted by Crippen LogP contribution is -2.60. The Kier molecular flexibility index (Phi) is 5.76. The average molecular weight is 475 g/mol. The molecule has 9 nitrogen and oxygen atoms in total. The summed E-state index contributed by atoms with van der Waals surface area (Å²) in [4.78, 5) is 38.0. The lowest BCUT2D eigenvalue weighted by atomic mass is 9.75. The third-order valence-electron chi connectivity index (χ3n) is 7.12. The number of benzene rings is 2. The summed E-state index contributed by atoms with van der Waals surface area (Å²) in [5, 5.41) is 16.3. The highest BCUT2D eigenvalue weighted by Crippen LogP contribution is 2.44. The van der Waals surface area contributed by atoms with E-state index in [4.69, 9.17) is 4.74 Å². The Hall–Kier alpha value is -4.14. The van der Waals surface area contributed by atoms with Gasteiger partial charge in [-0.15, -0.1) is 0 Å². The summed E-state index contributed by atoms with van der Waals surface area (Å²) in [5.74, 6) is -1.39. The number of hydrogen-bond acceptors (Lipinski definition) is 5. The first-order chi connectivity index (χ1) is 16.9. The van der Waals surface area contributed by atoms with E-state index < -0.39 is 17.6 Å². The van der Waals surface area contributed by atoms with E-state index in [0.29, 0.717) is 18.5 Å². The molecule has 180 valence electrons. The van der Waals surface area contributed by atoms with Crippen LogP contribution in [-0.4, -0.2) is 57.0 Å². The monoisotopic (exact) mass is 474 g/mol. The van der Waals surface area contributed by atoms with Gasteiger partial charge < -0.3 is 14.7 Å². The molecule has 9 heteroatoms. The molecule has 5 rings (SSSR count). The van der Waals surface area contributed by atoms with Gasteiger partial charge in [-0.3, -0.25) is 14.8 Å². The first kappa shape index (κ1) is 22.6. The number of likely N-dealkylation sites (N-methyl/N-ethyl adjacent to an activating group) is 1.